The fourth-order valence-electron chi connectivity index (χ4n) is 1.19. The summed E-state index contributed by atoms with van der Waals surface area (Å²) in [7, 11) is -3.74. The molecule has 0 saturated heterocycles. The molecule has 108 valence electrons. The van der Waals surface area contributed by atoms with Crippen molar-refractivity contribution in [2.24, 2.45) is 0 Å². The monoisotopic (exact) mass is 350 g/mol. The number of nitrogens with one attached hydrogen (secondary N) is 1. The minimum absolute atomic E-state index is 0.0888. The van der Waals surface area contributed by atoms with Gasteiger partial charge in [-0.2, -0.15) is 0 Å². The molecule has 7 heteroatoms. The third-order valence-electron chi connectivity index (χ3n) is 3.20. The zero-order valence-corrected chi connectivity index (χ0v) is 13.8. The van der Waals surface area contributed by atoms with Crippen LogP contribution in [0.3, 0.4) is 0 Å². The fourth-order valence-corrected chi connectivity index (χ4v) is 3.28. The highest BCUT2D eigenvalue weighted by atomic mass is 79.9. The lowest BCUT2D eigenvalue weighted by molar-refractivity contribution is 0.00639. The Bertz CT molecular complexity index is 577. The quantitative estimate of drug-likeness (QED) is 0.722. The number of aliphatic hydroxyl groups is 1. The maximum Gasteiger partial charge on any atom is 0.241 e. The predicted octanol–water partition coefficient (Wildman–Crippen LogP) is 1.86. The Kier molecular flexibility index (Phi) is 4.36. The Labute approximate surface area is 122 Å². The van der Waals surface area contributed by atoms with Crippen LogP contribution in [-0.4, -0.2) is 24.7 Å². The summed E-state index contributed by atoms with van der Waals surface area (Å²) in [5, 5.41) is 10.00. The summed E-state index contributed by atoms with van der Waals surface area (Å²) in [4.78, 5) is 0.0888. The molecule has 0 atom stereocenters. The number of nitrogens with two attached hydrogens (primary N) is 1. The maximum atomic E-state index is 12.3. The van der Waals surface area contributed by atoms with Crippen molar-refractivity contribution in [2.75, 3.05) is 5.73 Å². The predicted molar refractivity (Wildman–Crippen MR) is 79.3 cm³/mol. The summed E-state index contributed by atoms with van der Waals surface area (Å²) in [6, 6.07) is 4.36. The van der Waals surface area contributed by atoms with Crippen LogP contribution < -0.4 is 10.5 Å². The molecule has 0 radical (unpaired) electrons. The first-order valence-corrected chi connectivity index (χ1v) is 7.96. The number of hydrogen-bond acceptors (Lipinski definition) is 4. The smallest absolute Gasteiger partial charge is 0.241 e. The van der Waals surface area contributed by atoms with Gasteiger partial charge in [0.25, 0.3) is 0 Å². The van der Waals surface area contributed by atoms with E-state index in [1.54, 1.807) is 27.7 Å². The molecule has 1 aromatic rings. The summed E-state index contributed by atoms with van der Waals surface area (Å²) >= 11 is 3.19. The molecule has 1 aromatic carbocycles. The minimum atomic E-state index is -3.74. The molecule has 0 unspecified atom stereocenters. The first kappa shape index (κ1) is 16.4. The van der Waals surface area contributed by atoms with Gasteiger partial charge >= 0.3 is 0 Å². The zero-order chi connectivity index (χ0) is 15.1. The molecule has 5 nitrogen and oxygen atoms in total. The van der Waals surface area contributed by atoms with Crippen LogP contribution in [0.1, 0.15) is 27.7 Å². The molecule has 19 heavy (non-hydrogen) atoms. The van der Waals surface area contributed by atoms with Gasteiger partial charge in [0, 0.05) is 10.2 Å². The molecule has 0 aliphatic carbocycles. The van der Waals surface area contributed by atoms with Crippen LogP contribution in [0.2, 0.25) is 0 Å². The Hall–Kier alpha value is -0.630. The SMILES string of the molecule is CC(C)(O)C(C)(C)NS(=O)(=O)c1ccc(N)c(Br)c1. The summed E-state index contributed by atoms with van der Waals surface area (Å²) in [5.41, 5.74) is 3.87. The third kappa shape index (κ3) is 3.68. The van der Waals surface area contributed by atoms with Crippen molar-refractivity contribution in [1.82, 2.24) is 4.72 Å². The van der Waals surface area contributed by atoms with E-state index in [9.17, 15) is 13.5 Å². The molecular formula is C12H19BrN2O3S. The molecule has 0 fully saturated rings. The standard InChI is InChI=1S/C12H19BrN2O3S/c1-11(2,12(3,4)16)15-19(17,18)8-5-6-10(14)9(13)7-8/h5-7,15-16H,14H2,1-4H3. The van der Waals surface area contributed by atoms with Gasteiger partial charge in [0.15, 0.2) is 0 Å². The number of halogens is 1. The molecule has 4 N–H and O–H groups in total. The van der Waals surface area contributed by atoms with E-state index in [4.69, 9.17) is 5.73 Å². The fraction of sp³-hybridized carbons (Fsp3) is 0.500. The maximum absolute atomic E-state index is 12.3. The average Bonchev–Trinajstić information content (AvgIpc) is 2.18. The Morgan fingerprint density at radius 3 is 2.21 bits per heavy atom. The molecule has 0 aliphatic rings. The topological polar surface area (TPSA) is 92.4 Å². The van der Waals surface area contributed by atoms with Crippen LogP contribution in [0.15, 0.2) is 27.6 Å². The highest BCUT2D eigenvalue weighted by molar-refractivity contribution is 9.10. The van der Waals surface area contributed by atoms with Gasteiger partial charge in [-0.05, 0) is 61.8 Å². The van der Waals surface area contributed by atoms with Crippen molar-refractivity contribution >= 4 is 31.6 Å². The van der Waals surface area contributed by atoms with Gasteiger partial charge in [0.1, 0.15) is 0 Å². The first-order valence-electron chi connectivity index (χ1n) is 5.68. The van der Waals surface area contributed by atoms with Crippen molar-refractivity contribution in [2.45, 2.75) is 43.7 Å². The highest BCUT2D eigenvalue weighted by Gasteiger charge is 2.38. The van der Waals surface area contributed by atoms with Gasteiger partial charge in [0.05, 0.1) is 16.0 Å². The third-order valence-corrected chi connectivity index (χ3v) is 5.54. The van der Waals surface area contributed by atoms with Gasteiger partial charge in [0.2, 0.25) is 10.0 Å². The van der Waals surface area contributed by atoms with E-state index in [1.807, 2.05) is 0 Å². The van der Waals surface area contributed by atoms with E-state index in [2.05, 4.69) is 20.7 Å². The van der Waals surface area contributed by atoms with Crippen LogP contribution >= 0.6 is 15.9 Å². The van der Waals surface area contributed by atoms with E-state index >= 15 is 0 Å². The van der Waals surface area contributed by atoms with E-state index < -0.39 is 21.2 Å². The van der Waals surface area contributed by atoms with E-state index in [0.29, 0.717) is 10.2 Å². The van der Waals surface area contributed by atoms with Gasteiger partial charge in [-0.3, -0.25) is 0 Å². The van der Waals surface area contributed by atoms with Crippen molar-refractivity contribution < 1.29 is 13.5 Å². The second-order valence-electron chi connectivity index (χ2n) is 5.47. The van der Waals surface area contributed by atoms with E-state index in [-0.39, 0.29) is 4.90 Å². The summed E-state index contributed by atoms with van der Waals surface area (Å²) in [6.07, 6.45) is 0. The van der Waals surface area contributed by atoms with Crippen molar-refractivity contribution in [3.8, 4) is 0 Å². The normalized spacial score (nSPS) is 13.6. The molecule has 0 spiro atoms. The summed E-state index contributed by atoms with van der Waals surface area (Å²) in [6.45, 7) is 6.34. The van der Waals surface area contributed by atoms with Crippen molar-refractivity contribution in [3.63, 3.8) is 0 Å². The first-order chi connectivity index (χ1) is 8.37. The molecule has 0 aromatic heterocycles. The molecule has 0 heterocycles. The van der Waals surface area contributed by atoms with Crippen LogP contribution in [0.5, 0.6) is 0 Å². The largest absolute Gasteiger partial charge is 0.398 e. The summed E-state index contributed by atoms with van der Waals surface area (Å²) in [5.74, 6) is 0. The van der Waals surface area contributed by atoms with Crippen LogP contribution in [0, 0.1) is 0 Å². The molecule has 0 amide bonds. The van der Waals surface area contributed by atoms with Gasteiger partial charge in [-0.25, -0.2) is 13.1 Å². The molecule has 0 bridgehead atoms. The lowest BCUT2D eigenvalue weighted by atomic mass is 9.87. The average molecular weight is 351 g/mol. The number of sulfonamides is 1. The van der Waals surface area contributed by atoms with E-state index in [1.165, 1.54) is 18.2 Å². The van der Waals surface area contributed by atoms with Gasteiger partial charge in [-0.15, -0.1) is 0 Å². The van der Waals surface area contributed by atoms with Crippen molar-refractivity contribution in [3.05, 3.63) is 22.7 Å². The van der Waals surface area contributed by atoms with Gasteiger partial charge < -0.3 is 10.8 Å². The highest BCUT2D eigenvalue weighted by Crippen LogP contribution is 2.26. The molecular weight excluding hydrogens is 332 g/mol. The van der Waals surface area contributed by atoms with Crippen LogP contribution in [-0.2, 0) is 10.0 Å². The van der Waals surface area contributed by atoms with Crippen LogP contribution in [0.25, 0.3) is 0 Å². The molecule has 1 rings (SSSR count). The number of hydrogen-bond donors (Lipinski definition) is 3. The summed E-state index contributed by atoms with van der Waals surface area (Å²) < 4.78 is 27.6. The number of benzene rings is 1. The van der Waals surface area contributed by atoms with Gasteiger partial charge in [-0.1, -0.05) is 0 Å². The lowest BCUT2D eigenvalue weighted by Gasteiger charge is -2.37. The molecule has 0 aliphatic heterocycles. The van der Waals surface area contributed by atoms with Crippen molar-refractivity contribution in [1.29, 1.82) is 0 Å². The Morgan fingerprint density at radius 1 is 1.26 bits per heavy atom. The molecule has 0 saturated carbocycles. The van der Waals surface area contributed by atoms with E-state index in [0.717, 1.165) is 0 Å². The number of anilines is 1. The minimum Gasteiger partial charge on any atom is -0.398 e. The zero-order valence-electron chi connectivity index (χ0n) is 11.4. The Morgan fingerprint density at radius 2 is 1.79 bits per heavy atom. The second kappa shape index (κ2) is 5.05. The number of nitrogen functional groups attached to an aromatic ring is 1. The van der Waals surface area contributed by atoms with Crippen LogP contribution in [0.4, 0.5) is 5.69 Å². The lowest BCUT2D eigenvalue weighted by Crippen LogP contribution is -2.57. The Balaban J connectivity index is 3.16. The second-order valence-corrected chi connectivity index (χ2v) is 8.01. The number of rotatable bonds is 4.